The van der Waals surface area contributed by atoms with E-state index in [-0.39, 0.29) is 10.8 Å². The van der Waals surface area contributed by atoms with Crippen molar-refractivity contribution in [3.63, 3.8) is 0 Å². The average molecular weight is 447 g/mol. The van der Waals surface area contributed by atoms with Gasteiger partial charge in [0.25, 0.3) is 15.9 Å². The number of piperidine rings is 1. The predicted molar refractivity (Wildman–Crippen MR) is 121 cm³/mol. The highest BCUT2D eigenvalue weighted by molar-refractivity contribution is 7.98. The van der Waals surface area contributed by atoms with Gasteiger partial charge >= 0.3 is 0 Å². The lowest BCUT2D eigenvalue weighted by molar-refractivity contribution is 0.0720. The zero-order valence-corrected chi connectivity index (χ0v) is 18.6. The fraction of sp³-hybridized carbons (Fsp3) is 0.318. The van der Waals surface area contributed by atoms with Crippen LogP contribution in [0.5, 0.6) is 5.75 Å². The molecule has 1 amide bonds. The number of amides is 1. The second-order valence-corrected chi connectivity index (χ2v) is 9.47. The molecule has 0 bridgehead atoms. The van der Waals surface area contributed by atoms with Crippen LogP contribution in [-0.4, -0.2) is 45.2 Å². The third kappa shape index (κ3) is 5.37. The molecule has 1 fully saturated rings. The van der Waals surface area contributed by atoms with Gasteiger partial charge in [0.15, 0.2) is 0 Å². The summed E-state index contributed by atoms with van der Waals surface area (Å²) in [6.45, 7) is 5.39. The van der Waals surface area contributed by atoms with Crippen LogP contribution in [0.25, 0.3) is 0 Å². The molecule has 1 heterocycles. The molecule has 0 spiro atoms. The SMILES string of the molecule is C=CCOc1ccc(NS(=O)(=O)c2ccc(SC)c(C(=O)N3CCCCC3)c2)cc1. The average Bonchev–Trinajstić information content (AvgIpc) is 2.78. The molecular formula is C22H26N2O4S2. The minimum atomic E-state index is -3.84. The number of anilines is 1. The van der Waals surface area contributed by atoms with Crippen molar-refractivity contribution in [1.82, 2.24) is 4.90 Å². The van der Waals surface area contributed by atoms with Gasteiger partial charge in [-0.15, -0.1) is 11.8 Å². The molecule has 3 rings (SSSR count). The topological polar surface area (TPSA) is 75.7 Å². The number of nitrogens with one attached hydrogen (secondary N) is 1. The van der Waals surface area contributed by atoms with Crippen molar-refractivity contribution >= 4 is 33.4 Å². The molecule has 6 nitrogen and oxygen atoms in total. The molecular weight excluding hydrogens is 420 g/mol. The number of rotatable bonds is 8. The highest BCUT2D eigenvalue weighted by Gasteiger charge is 2.24. The van der Waals surface area contributed by atoms with Gasteiger partial charge in [-0.25, -0.2) is 8.42 Å². The first-order valence-electron chi connectivity index (χ1n) is 9.78. The highest BCUT2D eigenvalue weighted by atomic mass is 32.2. The molecule has 1 aliphatic heterocycles. The fourth-order valence-electron chi connectivity index (χ4n) is 3.28. The van der Waals surface area contributed by atoms with Gasteiger partial charge in [0, 0.05) is 23.7 Å². The van der Waals surface area contributed by atoms with E-state index >= 15 is 0 Å². The Labute approximate surface area is 182 Å². The molecule has 1 aliphatic rings. The van der Waals surface area contributed by atoms with Crippen LogP contribution in [0.4, 0.5) is 5.69 Å². The second kappa shape index (κ2) is 10.0. The van der Waals surface area contributed by atoms with Crippen molar-refractivity contribution in [3.05, 3.63) is 60.7 Å². The van der Waals surface area contributed by atoms with Crippen LogP contribution in [0.1, 0.15) is 29.6 Å². The van der Waals surface area contributed by atoms with Crippen LogP contribution in [0.15, 0.2) is 64.9 Å². The molecule has 0 aliphatic carbocycles. The Balaban J connectivity index is 1.83. The van der Waals surface area contributed by atoms with Crippen molar-refractivity contribution in [2.45, 2.75) is 29.1 Å². The summed E-state index contributed by atoms with van der Waals surface area (Å²) in [5.74, 6) is 0.511. The molecule has 0 saturated carbocycles. The fourth-order valence-corrected chi connectivity index (χ4v) is 4.93. The Hall–Kier alpha value is -2.45. The highest BCUT2D eigenvalue weighted by Crippen LogP contribution is 2.27. The molecule has 0 unspecified atom stereocenters. The number of nitrogens with zero attached hydrogens (tertiary/aromatic N) is 1. The quantitative estimate of drug-likeness (QED) is 0.480. The summed E-state index contributed by atoms with van der Waals surface area (Å²) < 4.78 is 33.8. The Morgan fingerprint density at radius 2 is 1.87 bits per heavy atom. The number of carbonyl (C=O) groups is 1. The smallest absolute Gasteiger partial charge is 0.261 e. The standard InChI is InChI=1S/C22H26N2O4S2/c1-3-15-28-18-9-7-17(8-10-18)23-30(26,27)19-11-12-21(29-2)20(16-19)22(25)24-13-5-4-6-14-24/h3,7-12,16,23H,1,4-6,13-15H2,2H3. The predicted octanol–water partition coefficient (Wildman–Crippen LogP) is 4.40. The normalized spacial score (nSPS) is 14.2. The monoisotopic (exact) mass is 446 g/mol. The molecule has 0 atom stereocenters. The Morgan fingerprint density at radius 1 is 1.17 bits per heavy atom. The van der Waals surface area contributed by atoms with E-state index in [9.17, 15) is 13.2 Å². The lowest BCUT2D eigenvalue weighted by atomic mass is 10.1. The largest absolute Gasteiger partial charge is 0.490 e. The maximum atomic E-state index is 13.0. The first-order valence-corrected chi connectivity index (χ1v) is 12.5. The van der Waals surface area contributed by atoms with Gasteiger partial charge in [-0.3, -0.25) is 9.52 Å². The molecule has 0 aromatic heterocycles. The van der Waals surface area contributed by atoms with Gasteiger partial charge in [0.05, 0.1) is 10.5 Å². The molecule has 2 aromatic rings. The van der Waals surface area contributed by atoms with Crippen LogP contribution < -0.4 is 9.46 Å². The molecule has 1 saturated heterocycles. The van der Waals surface area contributed by atoms with Crippen molar-refractivity contribution in [2.75, 3.05) is 30.7 Å². The van der Waals surface area contributed by atoms with Crippen LogP contribution in [0.3, 0.4) is 0 Å². The summed E-state index contributed by atoms with van der Waals surface area (Å²) in [5.41, 5.74) is 0.847. The van der Waals surface area contributed by atoms with Crippen molar-refractivity contribution in [2.24, 2.45) is 0 Å². The van der Waals surface area contributed by atoms with Crippen molar-refractivity contribution < 1.29 is 17.9 Å². The number of sulfonamides is 1. The van der Waals surface area contributed by atoms with Gasteiger partial charge in [-0.2, -0.15) is 0 Å². The Bertz CT molecular complexity index is 998. The van der Waals surface area contributed by atoms with E-state index in [1.807, 2.05) is 11.2 Å². The molecule has 30 heavy (non-hydrogen) atoms. The molecule has 1 N–H and O–H groups in total. The van der Waals surface area contributed by atoms with Gasteiger partial charge in [0.1, 0.15) is 12.4 Å². The van der Waals surface area contributed by atoms with E-state index in [0.29, 0.717) is 36.7 Å². The number of thioether (sulfide) groups is 1. The van der Waals surface area contributed by atoms with E-state index in [4.69, 9.17) is 4.74 Å². The summed E-state index contributed by atoms with van der Waals surface area (Å²) in [5, 5.41) is 0. The van der Waals surface area contributed by atoms with E-state index < -0.39 is 10.0 Å². The summed E-state index contributed by atoms with van der Waals surface area (Å²) >= 11 is 1.44. The molecule has 8 heteroatoms. The van der Waals surface area contributed by atoms with Crippen LogP contribution in [0.2, 0.25) is 0 Å². The van der Waals surface area contributed by atoms with Gasteiger partial charge < -0.3 is 9.64 Å². The molecule has 2 aromatic carbocycles. The number of likely N-dealkylation sites (tertiary alicyclic amines) is 1. The number of hydrogen-bond donors (Lipinski definition) is 1. The minimum absolute atomic E-state index is 0.0626. The number of benzene rings is 2. The Morgan fingerprint density at radius 3 is 2.50 bits per heavy atom. The zero-order valence-electron chi connectivity index (χ0n) is 17.0. The zero-order chi connectivity index (χ0) is 21.6. The van der Waals surface area contributed by atoms with Gasteiger partial charge in [0.2, 0.25) is 0 Å². The lowest BCUT2D eigenvalue weighted by Crippen LogP contribution is -2.36. The van der Waals surface area contributed by atoms with Crippen LogP contribution >= 0.6 is 11.8 Å². The minimum Gasteiger partial charge on any atom is -0.490 e. The molecule has 160 valence electrons. The van der Waals surface area contributed by atoms with Gasteiger partial charge in [-0.1, -0.05) is 12.7 Å². The number of carbonyl (C=O) groups excluding carboxylic acids is 1. The number of hydrogen-bond acceptors (Lipinski definition) is 5. The summed E-state index contributed by atoms with van der Waals surface area (Å²) in [6.07, 6.45) is 6.59. The van der Waals surface area contributed by atoms with Crippen LogP contribution in [-0.2, 0) is 10.0 Å². The van der Waals surface area contributed by atoms with E-state index in [0.717, 1.165) is 24.2 Å². The van der Waals surface area contributed by atoms with Crippen molar-refractivity contribution in [1.29, 1.82) is 0 Å². The maximum absolute atomic E-state index is 13.0. The van der Waals surface area contributed by atoms with E-state index in [1.54, 1.807) is 36.4 Å². The first-order chi connectivity index (χ1) is 14.4. The number of ether oxygens (including phenoxy) is 1. The van der Waals surface area contributed by atoms with Crippen LogP contribution in [0, 0.1) is 0 Å². The van der Waals surface area contributed by atoms with E-state index in [1.165, 1.54) is 23.9 Å². The summed E-state index contributed by atoms with van der Waals surface area (Å²) in [7, 11) is -3.84. The third-order valence-corrected chi connectivity index (χ3v) is 7.00. The maximum Gasteiger partial charge on any atom is 0.261 e. The summed E-state index contributed by atoms with van der Waals surface area (Å²) in [6, 6.07) is 11.3. The second-order valence-electron chi connectivity index (χ2n) is 6.94. The van der Waals surface area contributed by atoms with Crippen molar-refractivity contribution in [3.8, 4) is 5.75 Å². The van der Waals surface area contributed by atoms with E-state index in [2.05, 4.69) is 11.3 Å². The Kier molecular flexibility index (Phi) is 7.44. The van der Waals surface area contributed by atoms with Gasteiger partial charge in [-0.05, 0) is 68.0 Å². The first kappa shape index (κ1) is 22.2. The molecule has 0 radical (unpaired) electrons. The lowest BCUT2D eigenvalue weighted by Gasteiger charge is -2.27. The summed E-state index contributed by atoms with van der Waals surface area (Å²) in [4.78, 5) is 15.7. The third-order valence-electron chi connectivity index (χ3n) is 4.83.